The number of carbonyl (C=O) groups excluding carboxylic acids is 1. The number of hydrogen-bond acceptors (Lipinski definition) is 2. The highest BCUT2D eigenvalue weighted by Crippen LogP contribution is 2.16. The lowest BCUT2D eigenvalue weighted by atomic mass is 9.90. The molecule has 3 nitrogen and oxygen atoms in total. The van der Waals surface area contributed by atoms with Gasteiger partial charge in [-0.15, -0.1) is 0 Å². The van der Waals surface area contributed by atoms with Gasteiger partial charge in [0.25, 0.3) is 0 Å². The number of nitrogens with two attached hydrogens (primary N) is 1. The van der Waals surface area contributed by atoms with Crippen LogP contribution in [-0.4, -0.2) is 18.0 Å². The zero-order valence-corrected chi connectivity index (χ0v) is 14.1. The lowest BCUT2D eigenvalue weighted by Crippen LogP contribution is -2.52. The zero-order valence-electron chi connectivity index (χ0n) is 14.1. The first-order valence-corrected chi connectivity index (χ1v) is 7.83. The molecule has 0 heterocycles. The van der Waals surface area contributed by atoms with E-state index in [1.54, 1.807) is 0 Å². The Balaban J connectivity index is 2.57. The second-order valence-corrected chi connectivity index (χ2v) is 6.84. The molecule has 0 saturated heterocycles. The van der Waals surface area contributed by atoms with E-state index in [1.807, 2.05) is 6.92 Å². The maximum absolute atomic E-state index is 12.2. The van der Waals surface area contributed by atoms with Gasteiger partial charge in [0, 0.05) is 18.5 Å². The third-order valence-corrected chi connectivity index (χ3v) is 3.87. The number of carbonyl (C=O) groups is 1. The maximum atomic E-state index is 12.2. The van der Waals surface area contributed by atoms with Gasteiger partial charge in [0.15, 0.2) is 0 Å². The average Bonchev–Trinajstić information content (AvgIpc) is 2.36. The highest BCUT2D eigenvalue weighted by molar-refractivity contribution is 5.77. The van der Waals surface area contributed by atoms with Gasteiger partial charge in [-0.2, -0.15) is 0 Å². The fourth-order valence-electron chi connectivity index (χ4n) is 2.86. The number of rotatable bonds is 7. The van der Waals surface area contributed by atoms with E-state index in [4.69, 9.17) is 5.73 Å². The van der Waals surface area contributed by atoms with Crippen molar-refractivity contribution in [1.82, 2.24) is 5.32 Å². The molecule has 1 unspecified atom stereocenters. The van der Waals surface area contributed by atoms with E-state index >= 15 is 0 Å². The van der Waals surface area contributed by atoms with Crippen LogP contribution in [0, 0.1) is 19.8 Å². The van der Waals surface area contributed by atoms with E-state index in [0.29, 0.717) is 18.9 Å². The molecular weight excluding hydrogens is 260 g/mol. The fourth-order valence-corrected chi connectivity index (χ4v) is 2.86. The van der Waals surface area contributed by atoms with Gasteiger partial charge < -0.3 is 11.1 Å². The molecule has 0 saturated carbocycles. The van der Waals surface area contributed by atoms with Crippen LogP contribution >= 0.6 is 0 Å². The van der Waals surface area contributed by atoms with Gasteiger partial charge in [-0.25, -0.2) is 0 Å². The third-order valence-electron chi connectivity index (χ3n) is 3.87. The Morgan fingerprint density at radius 1 is 1.33 bits per heavy atom. The van der Waals surface area contributed by atoms with Crippen molar-refractivity contribution < 1.29 is 4.79 Å². The predicted molar refractivity (Wildman–Crippen MR) is 89.3 cm³/mol. The number of nitrogens with one attached hydrogen (secondary N) is 1. The van der Waals surface area contributed by atoms with Crippen molar-refractivity contribution in [3.63, 3.8) is 0 Å². The van der Waals surface area contributed by atoms with E-state index in [0.717, 1.165) is 12.8 Å². The van der Waals surface area contributed by atoms with Crippen molar-refractivity contribution in [3.05, 3.63) is 34.9 Å². The van der Waals surface area contributed by atoms with Crippen LogP contribution in [0.3, 0.4) is 0 Å². The lowest BCUT2D eigenvalue weighted by molar-refractivity contribution is -0.122. The summed E-state index contributed by atoms with van der Waals surface area (Å²) in [5, 5.41) is 3.11. The van der Waals surface area contributed by atoms with Crippen molar-refractivity contribution >= 4 is 5.91 Å². The number of aryl methyl sites for hydroxylation is 3. The molecule has 0 aliphatic rings. The maximum Gasteiger partial charge on any atom is 0.220 e. The monoisotopic (exact) mass is 290 g/mol. The number of hydrogen-bond donors (Lipinski definition) is 2. The molecule has 1 amide bonds. The average molecular weight is 290 g/mol. The molecule has 0 fully saturated rings. The Morgan fingerprint density at radius 3 is 2.52 bits per heavy atom. The first kappa shape index (κ1) is 17.7. The van der Waals surface area contributed by atoms with Crippen LogP contribution in [-0.2, 0) is 11.2 Å². The van der Waals surface area contributed by atoms with Gasteiger partial charge in [0.05, 0.1) is 0 Å². The number of benzene rings is 1. The molecule has 0 aliphatic heterocycles. The smallest absolute Gasteiger partial charge is 0.220 e. The molecular formula is C18H30N2O. The molecule has 21 heavy (non-hydrogen) atoms. The second kappa shape index (κ2) is 7.60. The Hall–Kier alpha value is -1.35. The van der Waals surface area contributed by atoms with Crippen LogP contribution in [0.2, 0.25) is 0 Å². The molecule has 0 aliphatic carbocycles. The summed E-state index contributed by atoms with van der Waals surface area (Å²) in [5.74, 6) is 0.599. The lowest BCUT2D eigenvalue weighted by Gasteiger charge is -2.31. The molecule has 1 rings (SSSR count). The molecule has 0 aromatic heterocycles. The summed E-state index contributed by atoms with van der Waals surface area (Å²) in [4.78, 5) is 12.2. The Labute approximate surface area is 129 Å². The van der Waals surface area contributed by atoms with E-state index in [1.165, 1.54) is 16.7 Å². The molecule has 3 N–H and O–H groups in total. The van der Waals surface area contributed by atoms with Gasteiger partial charge in [-0.05, 0) is 50.7 Å². The third kappa shape index (κ3) is 5.88. The highest BCUT2D eigenvalue weighted by Gasteiger charge is 2.25. The minimum absolute atomic E-state index is 0.0866. The molecule has 118 valence electrons. The SMILES string of the molecule is Cc1ccc(CCC(=O)NC(C)(CN)CC(C)C)c(C)c1. The summed E-state index contributed by atoms with van der Waals surface area (Å²) in [7, 11) is 0. The fraction of sp³-hybridized carbons (Fsp3) is 0.611. The van der Waals surface area contributed by atoms with Crippen LogP contribution in [0.5, 0.6) is 0 Å². The Kier molecular flexibility index (Phi) is 6.41. The van der Waals surface area contributed by atoms with Crippen LogP contribution in [0.1, 0.15) is 50.3 Å². The van der Waals surface area contributed by atoms with Crippen LogP contribution in [0.4, 0.5) is 0 Å². The predicted octanol–water partition coefficient (Wildman–Crippen LogP) is 3.12. The molecule has 0 bridgehead atoms. The first-order chi connectivity index (χ1) is 9.75. The second-order valence-electron chi connectivity index (χ2n) is 6.84. The summed E-state index contributed by atoms with van der Waals surface area (Å²) < 4.78 is 0. The molecule has 0 spiro atoms. The van der Waals surface area contributed by atoms with Crippen molar-refractivity contribution in [1.29, 1.82) is 0 Å². The Bertz CT molecular complexity index is 482. The Morgan fingerprint density at radius 2 is 2.00 bits per heavy atom. The van der Waals surface area contributed by atoms with Crippen molar-refractivity contribution in [3.8, 4) is 0 Å². The van der Waals surface area contributed by atoms with E-state index in [-0.39, 0.29) is 11.4 Å². The minimum Gasteiger partial charge on any atom is -0.350 e. The summed E-state index contributed by atoms with van der Waals surface area (Å²) in [6.45, 7) is 11.0. The van der Waals surface area contributed by atoms with Crippen LogP contribution < -0.4 is 11.1 Å². The normalized spacial score (nSPS) is 14.0. The summed E-state index contributed by atoms with van der Waals surface area (Å²) in [6, 6.07) is 6.38. The topological polar surface area (TPSA) is 55.1 Å². The number of amides is 1. The van der Waals surface area contributed by atoms with Crippen LogP contribution in [0.25, 0.3) is 0 Å². The van der Waals surface area contributed by atoms with E-state index in [9.17, 15) is 4.79 Å². The van der Waals surface area contributed by atoms with Gasteiger partial charge in [0.2, 0.25) is 5.91 Å². The van der Waals surface area contributed by atoms with Gasteiger partial charge >= 0.3 is 0 Å². The molecule has 1 atom stereocenters. The van der Waals surface area contributed by atoms with Crippen molar-refractivity contribution in [2.75, 3.05) is 6.54 Å². The van der Waals surface area contributed by atoms with Crippen LogP contribution in [0.15, 0.2) is 18.2 Å². The molecule has 1 aromatic rings. The van der Waals surface area contributed by atoms with Crippen molar-refractivity contribution in [2.24, 2.45) is 11.7 Å². The standard InChI is InChI=1S/C18H30N2O/c1-13(2)11-18(5,12-19)20-17(21)9-8-16-7-6-14(3)10-15(16)4/h6-7,10,13H,8-9,11-12,19H2,1-5H3,(H,20,21). The molecule has 3 heteroatoms. The summed E-state index contributed by atoms with van der Waals surface area (Å²) >= 11 is 0. The minimum atomic E-state index is -0.298. The first-order valence-electron chi connectivity index (χ1n) is 7.83. The van der Waals surface area contributed by atoms with Gasteiger partial charge in [-0.3, -0.25) is 4.79 Å². The van der Waals surface area contributed by atoms with Gasteiger partial charge in [0.1, 0.15) is 0 Å². The van der Waals surface area contributed by atoms with E-state index < -0.39 is 0 Å². The zero-order chi connectivity index (χ0) is 16.0. The summed E-state index contributed by atoms with van der Waals surface area (Å²) in [5.41, 5.74) is 9.30. The summed E-state index contributed by atoms with van der Waals surface area (Å²) in [6.07, 6.45) is 2.19. The molecule has 0 radical (unpaired) electrons. The highest BCUT2D eigenvalue weighted by atomic mass is 16.1. The van der Waals surface area contributed by atoms with E-state index in [2.05, 4.69) is 51.2 Å². The quantitative estimate of drug-likeness (QED) is 0.810. The largest absolute Gasteiger partial charge is 0.350 e. The van der Waals surface area contributed by atoms with Crippen molar-refractivity contribution in [2.45, 2.75) is 59.4 Å². The van der Waals surface area contributed by atoms with Gasteiger partial charge in [-0.1, -0.05) is 37.6 Å². The molecule has 1 aromatic carbocycles.